The summed E-state index contributed by atoms with van der Waals surface area (Å²) in [5, 5.41) is 9.15. The standard InChI is InChI=1S/C18H19NO2/c1-12-3-4-13(2)16(9-12)11-19-8-7-14-5-6-15(18(20)21)10-17(14)19/h3-6,9-10H,7-8,11H2,1-2H3,(H,20,21). The summed E-state index contributed by atoms with van der Waals surface area (Å²) >= 11 is 0. The monoisotopic (exact) mass is 281 g/mol. The van der Waals surface area contributed by atoms with Crippen molar-refractivity contribution in [3.05, 3.63) is 64.2 Å². The van der Waals surface area contributed by atoms with Gasteiger partial charge in [0.2, 0.25) is 0 Å². The van der Waals surface area contributed by atoms with Gasteiger partial charge in [0.15, 0.2) is 0 Å². The van der Waals surface area contributed by atoms with E-state index in [2.05, 4.69) is 36.9 Å². The molecule has 0 atom stereocenters. The smallest absolute Gasteiger partial charge is 0.335 e. The van der Waals surface area contributed by atoms with Crippen molar-refractivity contribution in [2.75, 3.05) is 11.4 Å². The number of benzene rings is 2. The van der Waals surface area contributed by atoms with Gasteiger partial charge in [-0.15, -0.1) is 0 Å². The molecule has 108 valence electrons. The van der Waals surface area contributed by atoms with Crippen LogP contribution < -0.4 is 4.90 Å². The number of anilines is 1. The minimum absolute atomic E-state index is 0.363. The molecule has 21 heavy (non-hydrogen) atoms. The molecule has 0 unspecified atom stereocenters. The van der Waals surface area contributed by atoms with Crippen LogP contribution in [0, 0.1) is 13.8 Å². The molecule has 2 aromatic carbocycles. The van der Waals surface area contributed by atoms with Crippen LogP contribution in [0.1, 0.15) is 32.6 Å². The van der Waals surface area contributed by atoms with Gasteiger partial charge in [0.05, 0.1) is 5.56 Å². The SMILES string of the molecule is Cc1ccc(C)c(CN2CCc3ccc(C(=O)O)cc32)c1. The van der Waals surface area contributed by atoms with Crippen LogP contribution in [-0.2, 0) is 13.0 Å². The number of nitrogens with zero attached hydrogens (tertiary/aromatic N) is 1. The second kappa shape index (κ2) is 5.24. The van der Waals surface area contributed by atoms with Gasteiger partial charge in [0.1, 0.15) is 0 Å². The summed E-state index contributed by atoms with van der Waals surface area (Å²) in [7, 11) is 0. The second-order valence-corrected chi connectivity index (χ2v) is 5.75. The van der Waals surface area contributed by atoms with Gasteiger partial charge < -0.3 is 10.0 Å². The third-order valence-corrected chi connectivity index (χ3v) is 4.19. The Hall–Kier alpha value is -2.29. The van der Waals surface area contributed by atoms with E-state index in [1.54, 1.807) is 12.1 Å². The molecule has 3 rings (SSSR count). The predicted molar refractivity (Wildman–Crippen MR) is 84.1 cm³/mol. The number of aromatic carboxylic acids is 1. The van der Waals surface area contributed by atoms with Crippen LogP contribution in [-0.4, -0.2) is 17.6 Å². The van der Waals surface area contributed by atoms with E-state index in [9.17, 15) is 4.79 Å². The van der Waals surface area contributed by atoms with Crippen molar-refractivity contribution in [1.82, 2.24) is 0 Å². The first-order chi connectivity index (χ1) is 10.0. The van der Waals surface area contributed by atoms with E-state index in [1.807, 2.05) is 6.07 Å². The van der Waals surface area contributed by atoms with Crippen LogP contribution in [0.3, 0.4) is 0 Å². The Balaban J connectivity index is 1.92. The summed E-state index contributed by atoms with van der Waals surface area (Å²) in [5.74, 6) is -0.864. The van der Waals surface area contributed by atoms with Crippen LogP contribution in [0.2, 0.25) is 0 Å². The summed E-state index contributed by atoms with van der Waals surface area (Å²) in [5.41, 5.74) is 6.52. The summed E-state index contributed by atoms with van der Waals surface area (Å²) in [6.45, 7) is 6.01. The zero-order valence-electron chi connectivity index (χ0n) is 12.4. The third-order valence-electron chi connectivity index (χ3n) is 4.19. The molecule has 1 N–H and O–H groups in total. The van der Waals surface area contributed by atoms with E-state index in [-0.39, 0.29) is 0 Å². The number of hydrogen-bond acceptors (Lipinski definition) is 2. The highest BCUT2D eigenvalue weighted by molar-refractivity contribution is 5.89. The van der Waals surface area contributed by atoms with E-state index < -0.39 is 5.97 Å². The number of rotatable bonds is 3. The highest BCUT2D eigenvalue weighted by Gasteiger charge is 2.21. The maximum Gasteiger partial charge on any atom is 0.335 e. The average molecular weight is 281 g/mol. The van der Waals surface area contributed by atoms with Crippen molar-refractivity contribution in [3.63, 3.8) is 0 Å². The molecule has 1 aliphatic heterocycles. The summed E-state index contributed by atoms with van der Waals surface area (Å²) < 4.78 is 0. The van der Waals surface area contributed by atoms with Crippen LogP contribution in [0.5, 0.6) is 0 Å². The van der Waals surface area contributed by atoms with E-state index in [1.165, 1.54) is 22.3 Å². The maximum atomic E-state index is 11.1. The second-order valence-electron chi connectivity index (χ2n) is 5.75. The Morgan fingerprint density at radius 3 is 2.76 bits per heavy atom. The molecule has 1 heterocycles. The van der Waals surface area contributed by atoms with Crippen molar-refractivity contribution in [3.8, 4) is 0 Å². The van der Waals surface area contributed by atoms with Gasteiger partial charge in [0, 0.05) is 18.8 Å². The third kappa shape index (κ3) is 2.64. The van der Waals surface area contributed by atoms with E-state index >= 15 is 0 Å². The fourth-order valence-corrected chi connectivity index (χ4v) is 2.92. The largest absolute Gasteiger partial charge is 0.478 e. The van der Waals surface area contributed by atoms with Crippen LogP contribution in [0.4, 0.5) is 5.69 Å². The molecule has 0 amide bonds. The lowest BCUT2D eigenvalue weighted by Crippen LogP contribution is -2.20. The molecular weight excluding hydrogens is 262 g/mol. The normalized spacial score (nSPS) is 13.3. The molecule has 0 aliphatic carbocycles. The molecule has 0 fully saturated rings. The molecule has 2 aromatic rings. The molecule has 0 aromatic heterocycles. The molecule has 3 nitrogen and oxygen atoms in total. The van der Waals surface area contributed by atoms with Gasteiger partial charge in [-0.1, -0.05) is 29.8 Å². The molecule has 3 heteroatoms. The summed E-state index contributed by atoms with van der Waals surface area (Å²) in [4.78, 5) is 13.4. The average Bonchev–Trinajstić information content (AvgIpc) is 2.85. The number of carbonyl (C=O) groups is 1. The summed E-state index contributed by atoms with van der Waals surface area (Å²) in [6.07, 6.45) is 0.986. The minimum atomic E-state index is -0.864. The first kappa shape index (κ1) is 13.7. The predicted octanol–water partition coefficient (Wildman–Crippen LogP) is 3.56. The molecule has 0 spiro atoms. The van der Waals surface area contributed by atoms with Gasteiger partial charge in [-0.2, -0.15) is 0 Å². The molecule has 0 bridgehead atoms. The Labute approximate surface area is 124 Å². The van der Waals surface area contributed by atoms with Crippen LogP contribution >= 0.6 is 0 Å². The number of carboxylic acids is 1. The quantitative estimate of drug-likeness (QED) is 0.935. The van der Waals surface area contributed by atoms with Gasteiger partial charge in [-0.3, -0.25) is 0 Å². The zero-order chi connectivity index (χ0) is 15.0. The van der Waals surface area contributed by atoms with Gasteiger partial charge in [-0.05, 0) is 49.1 Å². The van der Waals surface area contributed by atoms with Gasteiger partial charge in [-0.25, -0.2) is 4.79 Å². The van der Waals surface area contributed by atoms with E-state index in [0.717, 1.165) is 25.2 Å². The van der Waals surface area contributed by atoms with Crippen molar-refractivity contribution in [2.45, 2.75) is 26.8 Å². The molecule has 1 aliphatic rings. The van der Waals surface area contributed by atoms with Crippen molar-refractivity contribution < 1.29 is 9.90 Å². The topological polar surface area (TPSA) is 40.5 Å². The molecule has 0 saturated heterocycles. The molecule has 0 saturated carbocycles. The maximum absolute atomic E-state index is 11.1. The highest BCUT2D eigenvalue weighted by atomic mass is 16.4. The Morgan fingerprint density at radius 2 is 2.00 bits per heavy atom. The first-order valence-corrected chi connectivity index (χ1v) is 7.22. The minimum Gasteiger partial charge on any atom is -0.478 e. The van der Waals surface area contributed by atoms with Gasteiger partial charge in [0.25, 0.3) is 0 Å². The number of aryl methyl sites for hydroxylation is 2. The lowest BCUT2D eigenvalue weighted by molar-refractivity contribution is 0.0697. The van der Waals surface area contributed by atoms with Crippen molar-refractivity contribution in [1.29, 1.82) is 0 Å². The highest BCUT2D eigenvalue weighted by Crippen LogP contribution is 2.31. The molecular formula is C18H19NO2. The lowest BCUT2D eigenvalue weighted by Gasteiger charge is -2.21. The Morgan fingerprint density at radius 1 is 1.19 bits per heavy atom. The number of hydrogen-bond donors (Lipinski definition) is 1. The van der Waals surface area contributed by atoms with Crippen molar-refractivity contribution >= 4 is 11.7 Å². The van der Waals surface area contributed by atoms with E-state index in [4.69, 9.17) is 5.11 Å². The lowest BCUT2D eigenvalue weighted by atomic mass is 10.0. The number of carboxylic acid groups (broad SMARTS) is 1. The van der Waals surface area contributed by atoms with E-state index in [0.29, 0.717) is 5.56 Å². The molecule has 0 radical (unpaired) electrons. The Kier molecular flexibility index (Phi) is 3.42. The Bertz CT molecular complexity index is 706. The first-order valence-electron chi connectivity index (χ1n) is 7.22. The fourth-order valence-electron chi connectivity index (χ4n) is 2.92. The summed E-state index contributed by atoms with van der Waals surface area (Å²) in [6, 6.07) is 11.9. The van der Waals surface area contributed by atoms with Crippen molar-refractivity contribution in [2.24, 2.45) is 0 Å². The fraction of sp³-hybridized carbons (Fsp3) is 0.278. The number of fused-ring (bicyclic) bond motifs is 1. The zero-order valence-corrected chi connectivity index (χ0v) is 12.4. The van der Waals surface area contributed by atoms with Gasteiger partial charge >= 0.3 is 5.97 Å². The van der Waals surface area contributed by atoms with Crippen LogP contribution in [0.25, 0.3) is 0 Å². The van der Waals surface area contributed by atoms with Crippen LogP contribution in [0.15, 0.2) is 36.4 Å².